The lowest BCUT2D eigenvalue weighted by Crippen LogP contribution is -2.53. The average Bonchev–Trinajstić information content (AvgIpc) is 3.73. The number of hydrogen-bond acceptors (Lipinski definition) is 7. The topological polar surface area (TPSA) is 126 Å². The lowest BCUT2D eigenvalue weighted by Gasteiger charge is -2.42. The smallest absolute Gasteiger partial charge is 0.269 e. The van der Waals surface area contributed by atoms with Gasteiger partial charge in [0.1, 0.15) is 36.8 Å². The zero-order valence-corrected chi connectivity index (χ0v) is 29.8. The molecule has 2 saturated heterocycles. The van der Waals surface area contributed by atoms with E-state index >= 15 is 0 Å². The van der Waals surface area contributed by atoms with Crippen LogP contribution >= 0.6 is 0 Å². The Balaban J connectivity index is 0.998. The molecule has 2 aromatic rings. The maximum atomic E-state index is 11.2. The molecule has 6 atom stereocenters. The molecule has 0 bridgehead atoms. The molecule has 4 aliphatic rings. The van der Waals surface area contributed by atoms with Crippen LogP contribution in [-0.4, -0.2) is 117 Å². The Bertz CT molecular complexity index is 1380. The van der Waals surface area contributed by atoms with Gasteiger partial charge in [0.15, 0.2) is 0 Å². The van der Waals surface area contributed by atoms with Crippen molar-refractivity contribution >= 4 is 16.9 Å². The highest BCUT2D eigenvalue weighted by Gasteiger charge is 2.54. The van der Waals surface area contributed by atoms with E-state index in [1.807, 2.05) is 0 Å². The number of nitrogens with one attached hydrogen (secondary N) is 2. The van der Waals surface area contributed by atoms with E-state index in [4.69, 9.17) is 15.5 Å². The minimum absolute atomic E-state index is 0.0186. The first-order valence-corrected chi connectivity index (χ1v) is 18.6. The Morgan fingerprint density at radius 3 is 2.57 bits per heavy atom. The molecule has 6 rings (SSSR count). The largest absolute Gasteiger partial charge is 0.387 e. The minimum atomic E-state index is -0.991. The Morgan fingerprint density at radius 2 is 1.91 bits per heavy atom. The number of fused-ring (bicyclic) bond motifs is 1. The molecule has 262 valence electrons. The third kappa shape index (κ3) is 7.01. The molecule has 6 unspecified atom stereocenters. The van der Waals surface area contributed by atoms with Gasteiger partial charge in [0.2, 0.25) is 6.23 Å². The Hall–Kier alpha value is -2.08. The number of benzene rings is 1. The highest BCUT2D eigenvalue weighted by molar-refractivity contribution is 5.86. The number of amidine groups is 1. The van der Waals surface area contributed by atoms with Gasteiger partial charge in [-0.25, -0.2) is 9.88 Å². The number of likely N-dealkylation sites (N-methyl/N-ethyl adjacent to an activating group) is 1. The molecule has 0 radical (unpaired) electrons. The van der Waals surface area contributed by atoms with Crippen molar-refractivity contribution in [2.24, 2.45) is 17.6 Å². The van der Waals surface area contributed by atoms with E-state index in [9.17, 15) is 10.2 Å². The summed E-state index contributed by atoms with van der Waals surface area (Å²) < 4.78 is 8.68. The Morgan fingerprint density at radius 1 is 1.17 bits per heavy atom. The number of ether oxygens (including phenoxy) is 1. The van der Waals surface area contributed by atoms with Crippen LogP contribution in [-0.2, 0) is 16.6 Å². The summed E-state index contributed by atoms with van der Waals surface area (Å²) in [6.45, 7) is 10.9. The van der Waals surface area contributed by atoms with E-state index < -0.39 is 24.5 Å². The lowest BCUT2D eigenvalue weighted by molar-refractivity contribution is -0.500. The molecular formula is C37H62N7O3+. The van der Waals surface area contributed by atoms with E-state index in [1.54, 1.807) is 0 Å². The number of H-pyrrole nitrogens is 1. The van der Waals surface area contributed by atoms with Crippen molar-refractivity contribution in [3.63, 3.8) is 0 Å². The number of nitrogens with zero attached hydrogens (tertiary/aromatic N) is 4. The summed E-state index contributed by atoms with van der Waals surface area (Å²) in [5.74, 6) is 3.41. The third-order valence-electron chi connectivity index (χ3n) is 12.5. The standard InChI is InChI=1S/C37H62N7O3/c1-7-23(8-2)19-27(38)32-35(42(5)9-3)44(22-39-32)36-34(46)33(45)30(47-36)21-43(6)26-17-24(18-26)11-14-31-40-28-13-12-25(20-29(28)41-31)37(4)15-10-16-37/h12-13,20,23-24,26-27,30,32-34,36,39,45-46H,7-11,14-19,21-22,38H2,1-6H3,(H,40,41)/q+1. The van der Waals surface area contributed by atoms with Crippen molar-refractivity contribution in [2.45, 2.75) is 140 Å². The molecule has 10 heteroatoms. The fraction of sp³-hybridized carbons (Fsp3) is 0.784. The average molecular weight is 653 g/mol. The monoisotopic (exact) mass is 652 g/mol. The summed E-state index contributed by atoms with van der Waals surface area (Å²) in [5.41, 5.74) is 10.8. The summed E-state index contributed by atoms with van der Waals surface area (Å²) in [7, 11) is 4.20. The predicted octanol–water partition coefficient (Wildman–Crippen LogP) is 3.54. The van der Waals surface area contributed by atoms with Gasteiger partial charge in [-0.1, -0.05) is 46.1 Å². The molecule has 3 heterocycles. The summed E-state index contributed by atoms with van der Waals surface area (Å²) in [6, 6.07) is 7.19. The number of aliphatic hydroxyl groups excluding tert-OH is 2. The van der Waals surface area contributed by atoms with Crippen LogP contribution < -0.4 is 11.1 Å². The van der Waals surface area contributed by atoms with Gasteiger partial charge in [-0.2, -0.15) is 0 Å². The molecule has 4 fully saturated rings. The molecule has 2 saturated carbocycles. The van der Waals surface area contributed by atoms with Crippen molar-refractivity contribution in [1.29, 1.82) is 0 Å². The summed E-state index contributed by atoms with van der Waals surface area (Å²) in [4.78, 5) is 12.9. The van der Waals surface area contributed by atoms with E-state index in [2.05, 4.69) is 84.7 Å². The maximum absolute atomic E-state index is 11.2. The van der Waals surface area contributed by atoms with Crippen LogP contribution in [0.5, 0.6) is 0 Å². The van der Waals surface area contributed by atoms with Crippen LogP contribution in [0.25, 0.3) is 11.0 Å². The summed E-state index contributed by atoms with van der Waals surface area (Å²) in [5, 5.41) is 26.0. The van der Waals surface area contributed by atoms with Gasteiger partial charge in [0.25, 0.3) is 5.84 Å². The van der Waals surface area contributed by atoms with Crippen molar-refractivity contribution in [3.8, 4) is 0 Å². The molecule has 1 aromatic carbocycles. The second-order valence-corrected chi connectivity index (χ2v) is 15.6. The number of rotatable bonds is 14. The van der Waals surface area contributed by atoms with Crippen molar-refractivity contribution in [1.82, 2.24) is 25.1 Å². The first-order chi connectivity index (χ1) is 22.5. The van der Waals surface area contributed by atoms with Crippen LogP contribution in [0.4, 0.5) is 0 Å². The summed E-state index contributed by atoms with van der Waals surface area (Å²) >= 11 is 0. The highest BCUT2D eigenvalue weighted by atomic mass is 16.6. The lowest BCUT2D eigenvalue weighted by atomic mass is 9.66. The normalized spacial score (nSPS) is 32.3. The molecule has 47 heavy (non-hydrogen) atoms. The fourth-order valence-electron chi connectivity index (χ4n) is 8.63. The van der Waals surface area contributed by atoms with Crippen LogP contribution in [0.2, 0.25) is 0 Å². The first-order valence-electron chi connectivity index (χ1n) is 18.6. The Kier molecular flexibility index (Phi) is 10.7. The number of aromatic amines is 1. The van der Waals surface area contributed by atoms with E-state index in [0.29, 0.717) is 36.5 Å². The van der Waals surface area contributed by atoms with Crippen LogP contribution in [0.1, 0.15) is 96.9 Å². The van der Waals surface area contributed by atoms with Crippen LogP contribution in [0.3, 0.4) is 0 Å². The van der Waals surface area contributed by atoms with Crippen molar-refractivity contribution in [2.75, 3.05) is 33.9 Å². The van der Waals surface area contributed by atoms with E-state index in [1.165, 1.54) is 30.3 Å². The van der Waals surface area contributed by atoms with Gasteiger partial charge in [-0.05, 0) is 87.4 Å². The second-order valence-electron chi connectivity index (χ2n) is 15.6. The molecular weight excluding hydrogens is 590 g/mol. The fourth-order valence-corrected chi connectivity index (χ4v) is 8.63. The van der Waals surface area contributed by atoms with Gasteiger partial charge in [-0.3, -0.25) is 9.89 Å². The highest BCUT2D eigenvalue weighted by Crippen LogP contribution is 2.43. The zero-order valence-electron chi connectivity index (χ0n) is 29.8. The minimum Gasteiger partial charge on any atom is -0.387 e. The molecule has 1 aromatic heterocycles. The number of aliphatic hydroxyl groups is 2. The second kappa shape index (κ2) is 14.4. The third-order valence-corrected chi connectivity index (χ3v) is 12.5. The Labute approximate surface area is 282 Å². The molecule has 0 spiro atoms. The van der Waals surface area contributed by atoms with Crippen LogP contribution in [0.15, 0.2) is 18.2 Å². The first kappa shape index (κ1) is 34.8. The maximum Gasteiger partial charge on any atom is 0.269 e. The quantitative estimate of drug-likeness (QED) is 0.196. The predicted molar refractivity (Wildman–Crippen MR) is 187 cm³/mol. The molecule has 0 amide bonds. The van der Waals surface area contributed by atoms with Crippen molar-refractivity contribution < 1.29 is 19.5 Å². The van der Waals surface area contributed by atoms with Gasteiger partial charge < -0.3 is 30.6 Å². The number of aromatic nitrogens is 2. The molecule has 10 nitrogen and oxygen atoms in total. The van der Waals surface area contributed by atoms with Crippen LogP contribution in [0, 0.1) is 11.8 Å². The number of aryl methyl sites for hydroxylation is 1. The molecule has 2 aliphatic heterocycles. The number of imidazole rings is 1. The molecule has 6 N–H and O–H groups in total. The molecule has 2 aliphatic carbocycles. The number of hydrogen-bond donors (Lipinski definition) is 5. The van der Waals surface area contributed by atoms with E-state index in [-0.39, 0.29) is 12.1 Å². The van der Waals surface area contributed by atoms with Gasteiger partial charge in [-0.15, -0.1) is 0 Å². The van der Waals surface area contributed by atoms with Gasteiger partial charge in [0.05, 0.1) is 24.6 Å². The SMILES string of the molecule is CCC(CC)CC(N)C1NCN(C2OC(CN(C)C3CC(CCc4nc5ccc(C6(C)CCC6)cc5[nH]4)C3)C(O)C2O)C1=[N+](C)CC. The van der Waals surface area contributed by atoms with Gasteiger partial charge >= 0.3 is 0 Å². The van der Waals surface area contributed by atoms with Gasteiger partial charge in [0, 0.05) is 25.0 Å². The van der Waals surface area contributed by atoms with Crippen molar-refractivity contribution in [3.05, 3.63) is 29.6 Å². The number of nitrogens with two attached hydrogens (primary N) is 1. The zero-order chi connectivity index (χ0) is 33.5. The van der Waals surface area contributed by atoms with E-state index in [0.717, 1.165) is 68.7 Å². The summed E-state index contributed by atoms with van der Waals surface area (Å²) in [6.07, 6.45) is 8.46.